The highest BCUT2D eigenvalue weighted by Gasteiger charge is 2.37. The highest BCUT2D eigenvalue weighted by atomic mass is 79.9. The number of carboxylic acids is 1. The summed E-state index contributed by atoms with van der Waals surface area (Å²) in [5.74, 6) is -1.71. The van der Waals surface area contributed by atoms with E-state index in [4.69, 9.17) is 5.26 Å². The van der Waals surface area contributed by atoms with E-state index in [1.165, 1.54) is 19.1 Å². The number of hydrogen-bond acceptors (Lipinski definition) is 2. The minimum atomic E-state index is -1.37. The van der Waals surface area contributed by atoms with E-state index in [2.05, 4.69) is 15.9 Å². The van der Waals surface area contributed by atoms with Crippen LogP contribution in [0, 0.1) is 17.1 Å². The van der Waals surface area contributed by atoms with Crippen LogP contribution in [0.15, 0.2) is 22.7 Å². The Morgan fingerprint density at radius 2 is 2.29 bits per heavy atom. The van der Waals surface area contributed by atoms with E-state index in [1.54, 1.807) is 6.07 Å². The summed E-state index contributed by atoms with van der Waals surface area (Å²) in [6.45, 7) is 1.43. The zero-order valence-electron chi connectivity index (χ0n) is 9.20. The van der Waals surface area contributed by atoms with Crippen molar-refractivity contribution in [3.05, 3.63) is 34.1 Å². The Morgan fingerprint density at radius 1 is 1.65 bits per heavy atom. The molecule has 1 rings (SSSR count). The summed E-state index contributed by atoms with van der Waals surface area (Å²) in [6, 6.07) is 6.13. The first kappa shape index (κ1) is 13.7. The number of halogens is 2. The second-order valence-electron chi connectivity index (χ2n) is 3.92. The van der Waals surface area contributed by atoms with Gasteiger partial charge in [-0.05, 0) is 25.5 Å². The third-order valence-corrected chi connectivity index (χ3v) is 3.23. The van der Waals surface area contributed by atoms with Crippen LogP contribution in [0.25, 0.3) is 0 Å². The average Bonchev–Trinajstić information content (AvgIpc) is 2.25. The molecule has 17 heavy (non-hydrogen) atoms. The molecule has 90 valence electrons. The minimum Gasteiger partial charge on any atom is -0.481 e. The van der Waals surface area contributed by atoms with Crippen LogP contribution in [0.4, 0.5) is 4.39 Å². The van der Waals surface area contributed by atoms with E-state index in [-0.39, 0.29) is 18.4 Å². The predicted octanol–water partition coefficient (Wildman–Crippen LogP) is 3.23. The van der Waals surface area contributed by atoms with Crippen molar-refractivity contribution in [3.8, 4) is 6.07 Å². The Balaban J connectivity index is 3.23. The van der Waals surface area contributed by atoms with Crippen molar-refractivity contribution in [3.63, 3.8) is 0 Å². The maximum absolute atomic E-state index is 13.8. The van der Waals surface area contributed by atoms with Crippen molar-refractivity contribution in [2.75, 3.05) is 0 Å². The minimum absolute atomic E-state index is 0.0678. The monoisotopic (exact) mass is 299 g/mol. The zero-order chi connectivity index (χ0) is 13.1. The van der Waals surface area contributed by atoms with Crippen molar-refractivity contribution in [2.24, 2.45) is 0 Å². The van der Waals surface area contributed by atoms with Crippen molar-refractivity contribution >= 4 is 21.9 Å². The molecule has 0 aliphatic rings. The van der Waals surface area contributed by atoms with Gasteiger partial charge in [-0.25, -0.2) is 4.39 Å². The lowest BCUT2D eigenvalue weighted by Crippen LogP contribution is -2.33. The molecule has 0 saturated carbocycles. The largest absolute Gasteiger partial charge is 0.481 e. The Kier molecular flexibility index (Phi) is 4.24. The van der Waals surface area contributed by atoms with Gasteiger partial charge in [0.2, 0.25) is 0 Å². The molecular formula is C12H11BrFNO2. The number of nitriles is 1. The average molecular weight is 300 g/mol. The Morgan fingerprint density at radius 3 is 2.76 bits per heavy atom. The highest BCUT2D eigenvalue weighted by molar-refractivity contribution is 9.10. The summed E-state index contributed by atoms with van der Waals surface area (Å²) >= 11 is 3.11. The zero-order valence-corrected chi connectivity index (χ0v) is 10.8. The smallest absolute Gasteiger partial charge is 0.313 e. The van der Waals surface area contributed by atoms with Crippen LogP contribution in [-0.2, 0) is 10.2 Å². The van der Waals surface area contributed by atoms with Gasteiger partial charge in [-0.15, -0.1) is 0 Å². The van der Waals surface area contributed by atoms with Crippen molar-refractivity contribution in [2.45, 2.75) is 25.2 Å². The van der Waals surface area contributed by atoms with E-state index >= 15 is 0 Å². The standard InChI is InChI=1S/C12H11BrFNO2/c1-12(11(16)17,5-2-6-15)9-4-3-8(13)7-10(9)14/h3-4,7H,2,5H2,1H3,(H,16,17). The van der Waals surface area contributed by atoms with Crippen molar-refractivity contribution in [1.82, 2.24) is 0 Å². The van der Waals surface area contributed by atoms with E-state index in [1.807, 2.05) is 6.07 Å². The summed E-state index contributed by atoms with van der Waals surface area (Å²) in [5.41, 5.74) is -1.27. The maximum atomic E-state index is 13.8. The molecule has 1 aromatic carbocycles. The second-order valence-corrected chi connectivity index (χ2v) is 4.84. The first-order chi connectivity index (χ1) is 7.91. The predicted molar refractivity (Wildman–Crippen MR) is 63.9 cm³/mol. The van der Waals surface area contributed by atoms with Crippen LogP contribution < -0.4 is 0 Å². The first-order valence-corrected chi connectivity index (χ1v) is 5.77. The summed E-state index contributed by atoms with van der Waals surface area (Å²) < 4.78 is 14.3. The molecule has 1 aromatic rings. The van der Waals surface area contributed by atoms with Gasteiger partial charge in [0, 0.05) is 16.5 Å². The molecular weight excluding hydrogens is 289 g/mol. The number of carbonyl (C=O) groups is 1. The fraction of sp³-hybridized carbons (Fsp3) is 0.333. The SMILES string of the molecule is CC(CCC#N)(C(=O)O)c1ccc(Br)cc1F. The van der Waals surface area contributed by atoms with Gasteiger partial charge in [0.15, 0.2) is 0 Å². The van der Waals surface area contributed by atoms with Gasteiger partial charge < -0.3 is 5.11 Å². The quantitative estimate of drug-likeness (QED) is 0.928. The lowest BCUT2D eigenvalue weighted by atomic mass is 9.78. The van der Waals surface area contributed by atoms with E-state index in [0.29, 0.717) is 4.47 Å². The van der Waals surface area contributed by atoms with E-state index < -0.39 is 17.2 Å². The van der Waals surface area contributed by atoms with Gasteiger partial charge in [0.1, 0.15) is 5.82 Å². The molecule has 0 bridgehead atoms. The van der Waals surface area contributed by atoms with Crippen molar-refractivity contribution in [1.29, 1.82) is 5.26 Å². The van der Waals surface area contributed by atoms with E-state index in [0.717, 1.165) is 0 Å². The number of hydrogen-bond donors (Lipinski definition) is 1. The topological polar surface area (TPSA) is 61.1 Å². The van der Waals surface area contributed by atoms with Crippen LogP contribution in [0.1, 0.15) is 25.3 Å². The molecule has 0 aliphatic carbocycles. The molecule has 3 nitrogen and oxygen atoms in total. The van der Waals surface area contributed by atoms with Crippen LogP contribution in [-0.4, -0.2) is 11.1 Å². The lowest BCUT2D eigenvalue weighted by Gasteiger charge is -2.24. The number of benzene rings is 1. The van der Waals surface area contributed by atoms with Gasteiger partial charge in [-0.3, -0.25) is 4.79 Å². The third-order valence-electron chi connectivity index (χ3n) is 2.73. The van der Waals surface area contributed by atoms with Gasteiger partial charge in [-0.2, -0.15) is 5.26 Å². The van der Waals surface area contributed by atoms with Crippen molar-refractivity contribution < 1.29 is 14.3 Å². The molecule has 0 amide bonds. The molecule has 0 saturated heterocycles. The normalized spacial score (nSPS) is 13.8. The Labute approximate surface area is 107 Å². The third kappa shape index (κ3) is 2.83. The summed E-state index contributed by atoms with van der Waals surface area (Å²) in [6.07, 6.45) is 0.149. The number of nitrogens with zero attached hydrogens (tertiary/aromatic N) is 1. The van der Waals surface area contributed by atoms with E-state index in [9.17, 15) is 14.3 Å². The fourth-order valence-electron chi connectivity index (χ4n) is 1.60. The lowest BCUT2D eigenvalue weighted by molar-refractivity contribution is -0.143. The van der Waals surface area contributed by atoms with Gasteiger partial charge >= 0.3 is 5.97 Å². The second kappa shape index (κ2) is 5.28. The Bertz CT molecular complexity index is 484. The van der Waals surface area contributed by atoms with Crippen LogP contribution in [0.3, 0.4) is 0 Å². The van der Waals surface area contributed by atoms with Crippen LogP contribution in [0.2, 0.25) is 0 Å². The van der Waals surface area contributed by atoms with Gasteiger partial charge in [0.05, 0.1) is 11.5 Å². The molecule has 0 aromatic heterocycles. The highest BCUT2D eigenvalue weighted by Crippen LogP contribution is 2.32. The fourth-order valence-corrected chi connectivity index (χ4v) is 1.93. The molecule has 0 fully saturated rings. The number of aliphatic carboxylic acids is 1. The number of rotatable bonds is 4. The van der Waals surface area contributed by atoms with Gasteiger partial charge in [0.25, 0.3) is 0 Å². The Hall–Kier alpha value is -1.41. The molecule has 5 heteroatoms. The van der Waals surface area contributed by atoms with Gasteiger partial charge in [-0.1, -0.05) is 22.0 Å². The van der Waals surface area contributed by atoms with Crippen LogP contribution in [0.5, 0.6) is 0 Å². The number of carboxylic acid groups (broad SMARTS) is 1. The summed E-state index contributed by atoms with van der Waals surface area (Å²) in [5, 5.41) is 17.7. The summed E-state index contributed by atoms with van der Waals surface area (Å²) in [4.78, 5) is 11.3. The molecule has 1 unspecified atom stereocenters. The molecule has 0 radical (unpaired) electrons. The molecule has 1 atom stereocenters. The molecule has 0 aliphatic heterocycles. The summed E-state index contributed by atoms with van der Waals surface area (Å²) in [7, 11) is 0. The molecule has 0 heterocycles. The van der Waals surface area contributed by atoms with Crippen LogP contribution >= 0.6 is 15.9 Å². The maximum Gasteiger partial charge on any atom is 0.313 e. The molecule has 1 N–H and O–H groups in total. The first-order valence-electron chi connectivity index (χ1n) is 4.97. The molecule has 0 spiro atoms.